The maximum Gasteiger partial charge on any atom is 0.186 e. The normalized spacial score (nSPS) is 39.2. The van der Waals surface area contributed by atoms with Gasteiger partial charge >= 0.3 is 0 Å². The fraction of sp³-hybridized carbons (Fsp3) is 1.00. The summed E-state index contributed by atoms with van der Waals surface area (Å²) in [5.41, 5.74) is 5.20. The number of halogens is 1. The van der Waals surface area contributed by atoms with Gasteiger partial charge in [0.25, 0.3) is 0 Å². The molecular formula is C8H18ClNO6. The Hall–Kier alpha value is 0.01000. The summed E-state index contributed by atoms with van der Waals surface area (Å²) in [4.78, 5) is 0. The van der Waals surface area contributed by atoms with Crippen LogP contribution in [0.4, 0.5) is 0 Å². The van der Waals surface area contributed by atoms with E-state index in [1.807, 2.05) is 0 Å². The molecule has 1 saturated heterocycles. The Balaban J connectivity index is 0.00000225. The van der Waals surface area contributed by atoms with Crippen LogP contribution in [0.3, 0.4) is 0 Å². The molecular weight excluding hydrogens is 242 g/mol. The molecule has 5 atom stereocenters. The maximum atomic E-state index is 9.47. The highest BCUT2D eigenvalue weighted by Gasteiger charge is 2.43. The van der Waals surface area contributed by atoms with Crippen LogP contribution in [0, 0.1) is 0 Å². The number of nitrogens with two attached hydrogens (primary N) is 1. The molecule has 6 N–H and O–H groups in total. The van der Waals surface area contributed by atoms with Gasteiger partial charge in [-0.15, -0.1) is 12.4 Å². The van der Waals surface area contributed by atoms with Crippen LogP contribution in [0.15, 0.2) is 0 Å². The largest absolute Gasteiger partial charge is 0.394 e. The first-order chi connectivity index (χ1) is 7.11. The molecule has 1 rings (SSSR count). The van der Waals surface area contributed by atoms with Crippen LogP contribution in [0.25, 0.3) is 0 Å². The summed E-state index contributed by atoms with van der Waals surface area (Å²) in [6.45, 7) is -0.0643. The van der Waals surface area contributed by atoms with Gasteiger partial charge < -0.3 is 35.6 Å². The van der Waals surface area contributed by atoms with E-state index in [2.05, 4.69) is 0 Å². The zero-order chi connectivity index (χ0) is 11.4. The lowest BCUT2D eigenvalue weighted by molar-refractivity contribution is -0.300. The highest BCUT2D eigenvalue weighted by molar-refractivity contribution is 5.85. The lowest BCUT2D eigenvalue weighted by Crippen LogP contribution is -2.59. The van der Waals surface area contributed by atoms with E-state index < -0.39 is 37.3 Å². The molecule has 0 aromatic heterocycles. The summed E-state index contributed by atoms with van der Waals surface area (Å²) in [6.07, 6.45) is -6.13. The second-order valence-corrected chi connectivity index (χ2v) is 3.36. The molecule has 0 amide bonds. The van der Waals surface area contributed by atoms with Crippen LogP contribution in [0.2, 0.25) is 0 Å². The third-order valence-corrected chi connectivity index (χ3v) is 2.25. The van der Waals surface area contributed by atoms with Gasteiger partial charge in [0.05, 0.1) is 13.2 Å². The van der Waals surface area contributed by atoms with E-state index in [9.17, 15) is 15.3 Å². The minimum absolute atomic E-state index is 0. The maximum absolute atomic E-state index is 9.47. The van der Waals surface area contributed by atoms with Crippen molar-refractivity contribution in [2.75, 3.05) is 19.8 Å². The fourth-order valence-electron chi connectivity index (χ4n) is 1.39. The number of hydrogen-bond acceptors (Lipinski definition) is 7. The monoisotopic (exact) mass is 259 g/mol. The minimum atomic E-state index is -1.40. The Morgan fingerprint density at radius 1 is 1.12 bits per heavy atom. The molecule has 16 heavy (non-hydrogen) atoms. The zero-order valence-electron chi connectivity index (χ0n) is 8.60. The van der Waals surface area contributed by atoms with E-state index in [1.165, 1.54) is 0 Å². The molecule has 7 nitrogen and oxygen atoms in total. The predicted octanol–water partition coefficient (Wildman–Crippen LogP) is -2.82. The second kappa shape index (κ2) is 7.36. The highest BCUT2D eigenvalue weighted by atomic mass is 35.5. The molecule has 1 fully saturated rings. The molecule has 1 aliphatic heterocycles. The van der Waals surface area contributed by atoms with E-state index in [0.717, 1.165) is 0 Å². The SMILES string of the molecule is Cl.NCCO[C@H]1O[C@H](CO)[C@@H](O)[C@H](O)[C@H]1O. The lowest BCUT2D eigenvalue weighted by Gasteiger charge is -2.39. The van der Waals surface area contributed by atoms with Gasteiger partial charge in [0.1, 0.15) is 24.4 Å². The standard InChI is InChI=1S/C8H17NO6.ClH/c9-1-2-14-8-7(13)6(12)5(11)4(3-10)15-8;/h4-8,10-13H,1-3,9H2;1H/t4-,5-,6+,7-,8+;/m1./s1. The zero-order valence-corrected chi connectivity index (χ0v) is 9.42. The summed E-state index contributed by atoms with van der Waals surface area (Å²) in [6, 6.07) is 0. The van der Waals surface area contributed by atoms with E-state index >= 15 is 0 Å². The van der Waals surface area contributed by atoms with Crippen LogP contribution in [-0.4, -0.2) is 70.9 Å². The van der Waals surface area contributed by atoms with Crippen LogP contribution in [0.1, 0.15) is 0 Å². The van der Waals surface area contributed by atoms with Crippen LogP contribution >= 0.6 is 12.4 Å². The predicted molar refractivity (Wildman–Crippen MR) is 56.0 cm³/mol. The molecule has 0 saturated carbocycles. The molecule has 98 valence electrons. The summed E-state index contributed by atoms with van der Waals surface area (Å²) >= 11 is 0. The Kier molecular flexibility index (Phi) is 7.36. The average Bonchev–Trinajstić information content (AvgIpc) is 2.25. The molecule has 1 aliphatic rings. The van der Waals surface area contributed by atoms with Crippen molar-refractivity contribution in [3.63, 3.8) is 0 Å². The molecule has 0 aromatic rings. The topological polar surface area (TPSA) is 125 Å². The van der Waals surface area contributed by atoms with E-state index in [4.69, 9.17) is 20.3 Å². The van der Waals surface area contributed by atoms with Gasteiger partial charge in [-0.1, -0.05) is 0 Å². The van der Waals surface area contributed by atoms with Gasteiger partial charge in [-0.3, -0.25) is 0 Å². The van der Waals surface area contributed by atoms with E-state index in [1.54, 1.807) is 0 Å². The highest BCUT2D eigenvalue weighted by Crippen LogP contribution is 2.21. The number of aliphatic hydroxyl groups excluding tert-OH is 4. The van der Waals surface area contributed by atoms with Crippen molar-refractivity contribution in [1.29, 1.82) is 0 Å². The minimum Gasteiger partial charge on any atom is -0.394 e. The Bertz CT molecular complexity index is 195. The number of rotatable bonds is 4. The Morgan fingerprint density at radius 2 is 1.75 bits per heavy atom. The molecule has 8 heteroatoms. The lowest BCUT2D eigenvalue weighted by atomic mass is 9.99. The first-order valence-corrected chi connectivity index (χ1v) is 4.74. The van der Waals surface area contributed by atoms with Crippen molar-refractivity contribution < 1.29 is 29.9 Å². The molecule has 0 aliphatic carbocycles. The third kappa shape index (κ3) is 3.51. The average molecular weight is 260 g/mol. The third-order valence-electron chi connectivity index (χ3n) is 2.25. The van der Waals surface area contributed by atoms with Crippen molar-refractivity contribution in [1.82, 2.24) is 0 Å². The first-order valence-electron chi connectivity index (χ1n) is 4.74. The molecule has 0 radical (unpaired) electrons. The Morgan fingerprint density at radius 3 is 2.25 bits per heavy atom. The quantitative estimate of drug-likeness (QED) is 0.369. The van der Waals surface area contributed by atoms with Crippen molar-refractivity contribution in [2.45, 2.75) is 30.7 Å². The first kappa shape index (κ1) is 16.0. The van der Waals surface area contributed by atoms with E-state index in [-0.39, 0.29) is 25.6 Å². The smallest absolute Gasteiger partial charge is 0.186 e. The van der Waals surface area contributed by atoms with Gasteiger partial charge in [0.15, 0.2) is 6.29 Å². The summed E-state index contributed by atoms with van der Waals surface area (Å²) in [5, 5.41) is 37.1. The number of ether oxygens (including phenoxy) is 2. The summed E-state index contributed by atoms with van der Waals surface area (Å²) in [7, 11) is 0. The fourth-order valence-corrected chi connectivity index (χ4v) is 1.39. The van der Waals surface area contributed by atoms with Crippen LogP contribution in [0.5, 0.6) is 0 Å². The van der Waals surface area contributed by atoms with Crippen molar-refractivity contribution in [3.8, 4) is 0 Å². The number of aliphatic hydroxyl groups is 4. The van der Waals surface area contributed by atoms with Gasteiger partial charge in [-0.25, -0.2) is 0 Å². The van der Waals surface area contributed by atoms with Gasteiger partial charge in [0, 0.05) is 6.54 Å². The van der Waals surface area contributed by atoms with Crippen LogP contribution < -0.4 is 5.73 Å². The van der Waals surface area contributed by atoms with Crippen molar-refractivity contribution in [3.05, 3.63) is 0 Å². The van der Waals surface area contributed by atoms with Gasteiger partial charge in [-0.2, -0.15) is 0 Å². The molecule has 0 bridgehead atoms. The molecule has 1 heterocycles. The summed E-state index contributed by atoms with van der Waals surface area (Å²) in [5.74, 6) is 0. The van der Waals surface area contributed by atoms with Crippen molar-refractivity contribution >= 4 is 12.4 Å². The van der Waals surface area contributed by atoms with Crippen molar-refractivity contribution in [2.24, 2.45) is 5.73 Å². The molecule has 0 spiro atoms. The summed E-state index contributed by atoms with van der Waals surface area (Å²) < 4.78 is 10.1. The van der Waals surface area contributed by atoms with E-state index in [0.29, 0.717) is 0 Å². The van der Waals surface area contributed by atoms with Gasteiger partial charge in [0.2, 0.25) is 0 Å². The number of hydrogen-bond donors (Lipinski definition) is 5. The molecule has 0 unspecified atom stereocenters. The van der Waals surface area contributed by atoms with Gasteiger partial charge in [-0.05, 0) is 0 Å². The Labute approximate surface area is 99.2 Å². The molecule has 0 aromatic carbocycles. The van der Waals surface area contributed by atoms with Crippen LogP contribution in [-0.2, 0) is 9.47 Å². The second-order valence-electron chi connectivity index (χ2n) is 3.36.